The quantitative estimate of drug-likeness (QED) is 0.275. The van der Waals surface area contributed by atoms with Gasteiger partial charge in [-0.2, -0.15) is 0 Å². The molecule has 1 aromatic heterocycles. The van der Waals surface area contributed by atoms with E-state index in [1.165, 1.54) is 11.0 Å². The number of fused-ring (bicyclic) bond motifs is 1. The van der Waals surface area contributed by atoms with E-state index in [1.54, 1.807) is 40.1 Å². The zero-order chi connectivity index (χ0) is 36.7. The van der Waals surface area contributed by atoms with Crippen molar-refractivity contribution in [3.63, 3.8) is 0 Å². The third-order valence-electron chi connectivity index (χ3n) is 10.3. The van der Waals surface area contributed by atoms with E-state index in [4.69, 9.17) is 14.2 Å². The molecule has 4 aliphatic rings. The number of sulfonamides is 1. The molecule has 4 fully saturated rings. The highest BCUT2D eigenvalue weighted by Gasteiger charge is 2.62. The number of nitrogens with one attached hydrogen (secondary N) is 3. The highest BCUT2D eigenvalue weighted by Crippen LogP contribution is 2.45. The Hall–Kier alpha value is -4.40. The molecule has 5 atom stereocenters. The fraction of sp³-hybridized carbons (Fsp3) is 0.583. The smallest absolute Gasteiger partial charge is 0.408 e. The van der Waals surface area contributed by atoms with Gasteiger partial charge in [0.05, 0.1) is 18.9 Å². The fourth-order valence-electron chi connectivity index (χ4n) is 7.03. The monoisotopic (exact) mass is 725 g/mol. The molecular weight excluding hydrogens is 678 g/mol. The van der Waals surface area contributed by atoms with E-state index in [0.717, 1.165) is 31.1 Å². The molecule has 0 radical (unpaired) electrons. The number of likely N-dealkylation sites (tertiary alicyclic amines) is 1. The Kier molecular flexibility index (Phi) is 9.96. The number of hydrogen-bond donors (Lipinski definition) is 3. The Balaban J connectivity index is 1.27. The molecule has 15 heteroatoms. The Morgan fingerprint density at radius 2 is 1.80 bits per heavy atom. The third-order valence-corrected chi connectivity index (χ3v) is 12.1. The van der Waals surface area contributed by atoms with Gasteiger partial charge >= 0.3 is 6.09 Å². The molecular formula is C36H47N5O9S. The van der Waals surface area contributed by atoms with Crippen LogP contribution in [-0.2, 0) is 29.1 Å². The lowest BCUT2D eigenvalue weighted by Gasteiger charge is -2.35. The second-order valence-electron chi connectivity index (χ2n) is 15.1. The van der Waals surface area contributed by atoms with Gasteiger partial charge in [0, 0.05) is 23.9 Å². The molecule has 0 spiro atoms. The summed E-state index contributed by atoms with van der Waals surface area (Å²) in [5.74, 6) is -1.58. The number of rotatable bonds is 12. The van der Waals surface area contributed by atoms with Crippen molar-refractivity contribution in [2.75, 3.05) is 13.7 Å². The minimum absolute atomic E-state index is 0.0305. The van der Waals surface area contributed by atoms with Crippen molar-refractivity contribution >= 4 is 44.6 Å². The molecule has 2 aromatic rings. The zero-order valence-electron chi connectivity index (χ0n) is 29.5. The first-order valence-corrected chi connectivity index (χ1v) is 19.1. The van der Waals surface area contributed by atoms with Crippen molar-refractivity contribution in [1.29, 1.82) is 0 Å². The van der Waals surface area contributed by atoms with E-state index < -0.39 is 74.1 Å². The van der Waals surface area contributed by atoms with Crippen LogP contribution in [-0.4, -0.2) is 90.9 Å². The maximum Gasteiger partial charge on any atom is 0.408 e. The number of aromatic nitrogens is 1. The van der Waals surface area contributed by atoms with Crippen molar-refractivity contribution in [1.82, 2.24) is 25.2 Å². The minimum Gasteiger partial charge on any atom is -0.497 e. The molecule has 3 aliphatic carbocycles. The van der Waals surface area contributed by atoms with E-state index in [1.807, 2.05) is 18.2 Å². The van der Waals surface area contributed by atoms with Crippen molar-refractivity contribution in [2.45, 2.75) is 107 Å². The van der Waals surface area contributed by atoms with Gasteiger partial charge in [0.15, 0.2) is 0 Å². The van der Waals surface area contributed by atoms with E-state index in [2.05, 4.69) is 26.9 Å². The van der Waals surface area contributed by atoms with Crippen LogP contribution in [0, 0.1) is 11.3 Å². The third kappa shape index (κ3) is 7.77. The molecule has 4 amide bonds. The van der Waals surface area contributed by atoms with Crippen LogP contribution in [0.4, 0.5) is 4.79 Å². The fourth-order valence-corrected chi connectivity index (χ4v) is 8.39. The van der Waals surface area contributed by atoms with Crippen LogP contribution in [0.2, 0.25) is 0 Å². The summed E-state index contributed by atoms with van der Waals surface area (Å²) >= 11 is 0. The maximum absolute atomic E-state index is 14.5. The number of carbonyl (C=O) groups excluding carboxylic acids is 4. The molecule has 0 unspecified atom stereocenters. The van der Waals surface area contributed by atoms with Crippen LogP contribution in [0.3, 0.4) is 0 Å². The first-order valence-electron chi connectivity index (χ1n) is 17.5. The van der Waals surface area contributed by atoms with Gasteiger partial charge in [0.1, 0.15) is 35.6 Å². The molecule has 51 heavy (non-hydrogen) atoms. The number of pyridine rings is 1. The predicted octanol–water partition coefficient (Wildman–Crippen LogP) is 3.34. The van der Waals surface area contributed by atoms with Gasteiger partial charge in [0.25, 0.3) is 5.91 Å². The van der Waals surface area contributed by atoms with Gasteiger partial charge in [-0.15, -0.1) is 6.58 Å². The number of carbonyl (C=O) groups is 4. The van der Waals surface area contributed by atoms with Crippen LogP contribution in [0.5, 0.6) is 11.6 Å². The Morgan fingerprint density at radius 1 is 1.08 bits per heavy atom. The lowest BCUT2D eigenvalue weighted by atomic mass is 9.85. The van der Waals surface area contributed by atoms with Crippen molar-refractivity contribution in [2.24, 2.45) is 11.3 Å². The SMILES string of the molecule is C=C[C@@H]1C[C@]1(NC(=O)[C@@H]1C[C@@H](Oc2nccc3cc(OC)ccc23)CN1C(=O)[C@@H](NC(=O)OC1CCCC1)C(C)(C)C)C(=O)NS(=O)(=O)C1CC1. The second-order valence-corrected chi connectivity index (χ2v) is 17.1. The van der Waals surface area contributed by atoms with Crippen LogP contribution in [0.25, 0.3) is 10.8 Å². The molecule has 1 aromatic carbocycles. The highest BCUT2D eigenvalue weighted by atomic mass is 32.2. The van der Waals surface area contributed by atoms with E-state index in [9.17, 15) is 27.6 Å². The second kappa shape index (κ2) is 14.0. The number of ether oxygens (including phenoxy) is 3. The summed E-state index contributed by atoms with van der Waals surface area (Å²) in [7, 11) is -2.32. The lowest BCUT2D eigenvalue weighted by molar-refractivity contribution is -0.143. The summed E-state index contributed by atoms with van der Waals surface area (Å²) < 4.78 is 44.9. The van der Waals surface area contributed by atoms with Crippen LogP contribution >= 0.6 is 0 Å². The number of nitrogens with zero attached hydrogens (tertiary/aromatic N) is 2. The Labute approximate surface area is 298 Å². The molecule has 3 N–H and O–H groups in total. The van der Waals surface area contributed by atoms with Crippen LogP contribution in [0.1, 0.15) is 72.1 Å². The van der Waals surface area contributed by atoms with Gasteiger partial charge < -0.3 is 29.7 Å². The summed E-state index contributed by atoms with van der Waals surface area (Å²) in [6.07, 6.45) is 6.00. The van der Waals surface area contributed by atoms with Gasteiger partial charge in [0.2, 0.25) is 27.7 Å². The summed E-state index contributed by atoms with van der Waals surface area (Å²) in [6.45, 7) is 9.15. The Bertz CT molecular complexity index is 1820. The average Bonchev–Trinajstić information content (AvgIpc) is 3.96. The first-order chi connectivity index (χ1) is 24.1. The van der Waals surface area contributed by atoms with E-state index >= 15 is 0 Å². The molecule has 1 aliphatic heterocycles. The van der Waals surface area contributed by atoms with Gasteiger partial charge in [-0.3, -0.25) is 19.1 Å². The summed E-state index contributed by atoms with van der Waals surface area (Å²) in [6, 6.07) is 5.04. The standard InChI is InChI=1S/C36H47N5O9S/c1-6-22-19-36(22,33(44)40-51(46,47)26-12-13-26)39-30(42)28-18-25(49-31-27-14-11-24(48-5)17-21(27)15-16-37-31)20-41(28)32(43)29(35(2,3)4)38-34(45)50-23-9-7-8-10-23/h6,11,14-17,22-23,25-26,28-29H,1,7-10,12-13,18-20H2,2-5H3,(H,38,45)(H,39,42)(H,40,44)/t22-,25-,28+,29-,36-/m1/s1. The number of hydrogen-bond acceptors (Lipinski definition) is 10. The van der Waals surface area contributed by atoms with Crippen molar-refractivity contribution in [3.05, 3.63) is 43.1 Å². The molecule has 6 rings (SSSR count). The maximum atomic E-state index is 14.5. The molecule has 276 valence electrons. The van der Waals surface area contributed by atoms with Crippen molar-refractivity contribution < 1.29 is 41.8 Å². The Morgan fingerprint density at radius 3 is 2.43 bits per heavy atom. The zero-order valence-corrected chi connectivity index (χ0v) is 30.3. The van der Waals surface area contributed by atoms with E-state index in [0.29, 0.717) is 29.9 Å². The minimum atomic E-state index is -3.89. The molecule has 14 nitrogen and oxygen atoms in total. The van der Waals surface area contributed by atoms with Gasteiger partial charge in [-0.25, -0.2) is 18.2 Å². The molecule has 1 saturated heterocycles. The molecule has 0 bridgehead atoms. The number of methoxy groups -OCH3 is 1. The summed E-state index contributed by atoms with van der Waals surface area (Å²) in [5.41, 5.74) is -2.33. The number of amides is 4. The predicted molar refractivity (Wildman–Crippen MR) is 187 cm³/mol. The van der Waals surface area contributed by atoms with Gasteiger partial charge in [-0.1, -0.05) is 26.8 Å². The first kappa shape index (κ1) is 36.4. The van der Waals surface area contributed by atoms with Crippen LogP contribution < -0.4 is 24.8 Å². The molecule has 2 heterocycles. The topological polar surface area (TPSA) is 182 Å². The number of alkyl carbamates (subject to hydrolysis) is 1. The van der Waals surface area contributed by atoms with Crippen molar-refractivity contribution in [3.8, 4) is 11.6 Å². The number of benzene rings is 1. The largest absolute Gasteiger partial charge is 0.497 e. The summed E-state index contributed by atoms with van der Waals surface area (Å²) in [5, 5.41) is 6.44. The van der Waals surface area contributed by atoms with Gasteiger partial charge in [-0.05, 0) is 80.0 Å². The highest BCUT2D eigenvalue weighted by molar-refractivity contribution is 7.91. The molecule has 3 saturated carbocycles. The summed E-state index contributed by atoms with van der Waals surface area (Å²) in [4.78, 5) is 61.0. The lowest BCUT2D eigenvalue weighted by Crippen LogP contribution is -2.60. The normalized spacial score (nSPS) is 25.5. The average molecular weight is 726 g/mol. The van der Waals surface area contributed by atoms with E-state index in [-0.39, 0.29) is 25.5 Å². The van der Waals surface area contributed by atoms with Crippen LogP contribution in [0.15, 0.2) is 43.1 Å².